The van der Waals surface area contributed by atoms with Crippen molar-refractivity contribution in [3.05, 3.63) is 93.5 Å². The molecule has 2 atom stereocenters. The van der Waals surface area contributed by atoms with Gasteiger partial charge in [-0.15, -0.1) is 11.8 Å². The summed E-state index contributed by atoms with van der Waals surface area (Å²) in [5.41, 5.74) is 3.15. The van der Waals surface area contributed by atoms with Gasteiger partial charge in [0, 0.05) is 46.2 Å². The summed E-state index contributed by atoms with van der Waals surface area (Å²) in [4.78, 5) is 16.6. The summed E-state index contributed by atoms with van der Waals surface area (Å²) in [6.07, 6.45) is 4.05. The second-order valence-corrected chi connectivity index (χ2v) is 11.9. The summed E-state index contributed by atoms with van der Waals surface area (Å²) in [6, 6.07) is 22.3. The highest BCUT2D eigenvalue weighted by molar-refractivity contribution is 7.98. The lowest BCUT2D eigenvalue weighted by molar-refractivity contribution is 0.0356. The number of rotatable bonds is 7. The van der Waals surface area contributed by atoms with Gasteiger partial charge in [0.1, 0.15) is 11.9 Å². The van der Waals surface area contributed by atoms with Crippen LogP contribution in [0, 0.1) is 0 Å². The zero-order chi connectivity index (χ0) is 25.2. The first kappa shape index (κ1) is 25.5. The molecular weight excluding hydrogens is 509 g/mol. The summed E-state index contributed by atoms with van der Waals surface area (Å²) >= 11 is 14.0. The Kier molecular flexibility index (Phi) is 7.85. The Morgan fingerprint density at radius 2 is 1.69 bits per heavy atom. The topological polar surface area (TPSA) is 29.5 Å². The number of piperidine rings is 1. The Balaban J connectivity index is 1.21. The third kappa shape index (κ3) is 5.56. The summed E-state index contributed by atoms with van der Waals surface area (Å²) in [6.45, 7) is 4.40. The molecule has 2 bridgehead atoms. The van der Waals surface area contributed by atoms with Crippen molar-refractivity contribution in [2.45, 2.75) is 74.3 Å². The largest absolute Gasteiger partial charge is 0.490 e. The van der Waals surface area contributed by atoms with Crippen LogP contribution in [0.25, 0.3) is 0 Å². The van der Waals surface area contributed by atoms with Gasteiger partial charge < -0.3 is 9.64 Å². The fraction of sp³-hybridized carbons (Fsp3) is 0.367. The van der Waals surface area contributed by atoms with Crippen molar-refractivity contribution < 1.29 is 9.53 Å². The highest BCUT2D eigenvalue weighted by Crippen LogP contribution is 2.39. The number of amides is 1. The molecule has 188 valence electrons. The minimum atomic E-state index is 0.139. The van der Waals surface area contributed by atoms with Gasteiger partial charge in [-0.1, -0.05) is 67.4 Å². The number of ether oxygens (including phenoxy) is 1. The maximum Gasteiger partial charge on any atom is 0.254 e. The Morgan fingerprint density at radius 1 is 1.00 bits per heavy atom. The lowest BCUT2D eigenvalue weighted by atomic mass is 9.97. The Hall–Kier alpha value is -2.14. The van der Waals surface area contributed by atoms with E-state index in [-0.39, 0.29) is 24.1 Å². The van der Waals surface area contributed by atoms with Crippen LogP contribution in [-0.4, -0.2) is 29.0 Å². The maximum atomic E-state index is 13.5. The second-order valence-electron chi connectivity index (χ2n) is 10.1. The number of thioether (sulfide) groups is 1. The van der Waals surface area contributed by atoms with Crippen molar-refractivity contribution in [3.8, 4) is 5.75 Å². The van der Waals surface area contributed by atoms with E-state index in [1.54, 1.807) is 17.8 Å². The number of carbonyl (C=O) groups is 1. The number of halogens is 2. The van der Waals surface area contributed by atoms with E-state index in [4.69, 9.17) is 27.9 Å². The second kappa shape index (κ2) is 11.1. The van der Waals surface area contributed by atoms with Gasteiger partial charge in [0.2, 0.25) is 0 Å². The molecule has 3 aromatic carbocycles. The number of nitrogens with zero attached hydrogens (tertiary/aromatic N) is 1. The van der Waals surface area contributed by atoms with Gasteiger partial charge in [0.25, 0.3) is 5.91 Å². The van der Waals surface area contributed by atoms with E-state index in [1.807, 2.05) is 42.5 Å². The molecule has 1 amide bonds. The predicted molar refractivity (Wildman–Crippen MR) is 150 cm³/mol. The van der Waals surface area contributed by atoms with E-state index >= 15 is 0 Å². The monoisotopic (exact) mass is 539 g/mol. The number of hydrogen-bond acceptors (Lipinski definition) is 3. The molecule has 2 fully saturated rings. The minimum absolute atomic E-state index is 0.139. The third-order valence-electron chi connectivity index (χ3n) is 7.25. The van der Waals surface area contributed by atoms with Crippen LogP contribution in [0.1, 0.15) is 66.9 Å². The molecule has 36 heavy (non-hydrogen) atoms. The van der Waals surface area contributed by atoms with Crippen LogP contribution in [0.3, 0.4) is 0 Å². The van der Waals surface area contributed by atoms with Crippen LogP contribution in [0.4, 0.5) is 0 Å². The molecule has 0 aliphatic carbocycles. The molecule has 2 heterocycles. The van der Waals surface area contributed by atoms with Crippen LogP contribution in [0.5, 0.6) is 5.75 Å². The van der Waals surface area contributed by atoms with Gasteiger partial charge in [-0.25, -0.2) is 0 Å². The average Bonchev–Trinajstić information content (AvgIpc) is 3.14. The Labute approximate surface area is 228 Å². The standard InChI is InChI=1S/C30H31Cl2NO2S/c1-19(2)26-5-3-4-6-28(26)35-25-16-23-12-13-24(17-25)33(23)30(34)21-9-7-20(8-10-21)18-36-29-15-22(31)11-14-27(29)32/h3-11,14-15,19,23-25H,12-13,16-18H2,1-2H3. The van der Waals surface area contributed by atoms with Crippen molar-refractivity contribution >= 4 is 40.9 Å². The molecule has 5 rings (SSSR count). The zero-order valence-corrected chi connectivity index (χ0v) is 23.0. The van der Waals surface area contributed by atoms with Gasteiger partial charge in [-0.05, 0) is 66.3 Å². The van der Waals surface area contributed by atoms with Crippen molar-refractivity contribution in [2.75, 3.05) is 0 Å². The van der Waals surface area contributed by atoms with Crippen molar-refractivity contribution in [1.82, 2.24) is 4.90 Å². The predicted octanol–water partition coefficient (Wildman–Crippen LogP) is 8.62. The lowest BCUT2D eigenvalue weighted by Gasteiger charge is -2.39. The van der Waals surface area contributed by atoms with E-state index in [9.17, 15) is 4.79 Å². The average molecular weight is 541 g/mol. The highest BCUT2D eigenvalue weighted by Gasteiger charge is 2.44. The van der Waals surface area contributed by atoms with Gasteiger partial charge in [-0.3, -0.25) is 4.79 Å². The van der Waals surface area contributed by atoms with E-state index in [1.165, 1.54) is 5.56 Å². The van der Waals surface area contributed by atoms with Crippen molar-refractivity contribution in [2.24, 2.45) is 0 Å². The molecule has 2 saturated heterocycles. The Bertz CT molecular complexity index is 1220. The highest BCUT2D eigenvalue weighted by atomic mass is 35.5. The molecular formula is C30H31Cl2NO2S. The van der Waals surface area contributed by atoms with Crippen molar-refractivity contribution in [3.63, 3.8) is 0 Å². The number of carbonyl (C=O) groups excluding carboxylic acids is 1. The lowest BCUT2D eigenvalue weighted by Crippen LogP contribution is -2.49. The number of fused-ring (bicyclic) bond motifs is 2. The summed E-state index contributed by atoms with van der Waals surface area (Å²) < 4.78 is 6.50. The van der Waals surface area contributed by atoms with Crippen LogP contribution >= 0.6 is 35.0 Å². The molecule has 3 aromatic rings. The first-order chi connectivity index (χ1) is 17.4. The van der Waals surface area contributed by atoms with Gasteiger partial charge in [0.05, 0.1) is 5.02 Å². The van der Waals surface area contributed by atoms with Crippen molar-refractivity contribution in [1.29, 1.82) is 0 Å². The van der Waals surface area contributed by atoms with Gasteiger partial charge in [-0.2, -0.15) is 0 Å². The summed E-state index contributed by atoms with van der Waals surface area (Å²) in [7, 11) is 0. The maximum absolute atomic E-state index is 13.5. The zero-order valence-electron chi connectivity index (χ0n) is 20.6. The first-order valence-electron chi connectivity index (χ1n) is 12.6. The number of hydrogen-bond donors (Lipinski definition) is 0. The quantitative estimate of drug-likeness (QED) is 0.281. The summed E-state index contributed by atoms with van der Waals surface area (Å²) in [5.74, 6) is 2.31. The molecule has 2 aliphatic heterocycles. The minimum Gasteiger partial charge on any atom is -0.490 e. The molecule has 0 N–H and O–H groups in total. The molecule has 6 heteroatoms. The molecule has 0 spiro atoms. The molecule has 0 radical (unpaired) electrons. The van der Waals surface area contributed by atoms with E-state index in [0.717, 1.165) is 53.2 Å². The third-order valence-corrected chi connectivity index (χ3v) is 9.05. The molecule has 3 nitrogen and oxygen atoms in total. The smallest absolute Gasteiger partial charge is 0.254 e. The fourth-order valence-corrected chi connectivity index (χ4v) is 6.89. The molecule has 2 unspecified atom stereocenters. The SMILES string of the molecule is CC(C)c1ccccc1OC1CC2CCC(C1)N2C(=O)c1ccc(CSc2cc(Cl)ccc2Cl)cc1. The fourth-order valence-electron chi connectivity index (χ4n) is 5.44. The van der Waals surface area contributed by atoms with Gasteiger partial charge >= 0.3 is 0 Å². The first-order valence-corrected chi connectivity index (χ1v) is 14.4. The van der Waals surface area contributed by atoms with Crippen LogP contribution < -0.4 is 4.74 Å². The van der Waals surface area contributed by atoms with E-state index in [2.05, 4.69) is 36.9 Å². The van der Waals surface area contributed by atoms with E-state index < -0.39 is 0 Å². The summed E-state index contributed by atoms with van der Waals surface area (Å²) in [5, 5.41) is 1.38. The number of benzene rings is 3. The molecule has 2 aliphatic rings. The van der Waals surface area contributed by atoms with Gasteiger partial charge in [0.15, 0.2) is 0 Å². The van der Waals surface area contributed by atoms with E-state index in [0.29, 0.717) is 16.0 Å². The van der Waals surface area contributed by atoms with Crippen LogP contribution in [0.15, 0.2) is 71.6 Å². The van der Waals surface area contributed by atoms with Crippen LogP contribution in [-0.2, 0) is 5.75 Å². The molecule has 0 saturated carbocycles. The Morgan fingerprint density at radius 3 is 2.39 bits per heavy atom. The van der Waals surface area contributed by atoms with Crippen LogP contribution in [0.2, 0.25) is 10.0 Å². The molecule has 0 aromatic heterocycles. The normalized spacial score (nSPS) is 21.1. The number of para-hydroxylation sites is 1.